The first-order valence-corrected chi connectivity index (χ1v) is 30.5. The van der Waals surface area contributed by atoms with E-state index < -0.39 is 67.3 Å². The molecule has 3 N–H and O–H groups in total. The molecule has 12 heteroatoms. The highest BCUT2D eigenvalue weighted by Gasteiger charge is 2.50. The first-order valence-electron chi connectivity index (χ1n) is 30.5. The Bertz CT molecular complexity index is 1840. The zero-order chi connectivity index (χ0) is 57.5. The summed E-state index contributed by atoms with van der Waals surface area (Å²) < 4.78 is 28.3. The molecule has 1 saturated heterocycles. The second-order valence-corrected chi connectivity index (χ2v) is 20.2. The van der Waals surface area contributed by atoms with Crippen molar-refractivity contribution >= 4 is 23.9 Å². The van der Waals surface area contributed by atoms with Crippen LogP contribution in [0.4, 0.5) is 0 Å². The molecule has 0 saturated carbocycles. The summed E-state index contributed by atoms with van der Waals surface area (Å²) in [5.74, 6) is -3.29. The van der Waals surface area contributed by atoms with Crippen LogP contribution in [0.2, 0.25) is 0 Å². The van der Waals surface area contributed by atoms with Crippen LogP contribution in [-0.2, 0) is 42.9 Å². The number of carbonyl (C=O) groups excluding carboxylic acids is 3. The quantitative estimate of drug-likeness (QED) is 0.0228. The van der Waals surface area contributed by atoms with Gasteiger partial charge in [0.2, 0.25) is 0 Å². The molecule has 0 bridgehead atoms. The lowest BCUT2D eigenvalue weighted by atomic mass is 9.98. The Balaban J connectivity index is 2.73. The van der Waals surface area contributed by atoms with E-state index in [0.29, 0.717) is 25.7 Å². The molecule has 6 unspecified atom stereocenters. The molecule has 12 nitrogen and oxygen atoms in total. The van der Waals surface area contributed by atoms with E-state index in [0.717, 1.165) is 103 Å². The van der Waals surface area contributed by atoms with Crippen LogP contribution in [0, 0.1) is 0 Å². The molecule has 79 heavy (non-hydrogen) atoms. The van der Waals surface area contributed by atoms with Gasteiger partial charge in [0.1, 0.15) is 18.8 Å². The molecule has 0 radical (unpaired) electrons. The Morgan fingerprint density at radius 2 is 0.823 bits per heavy atom. The maximum absolute atomic E-state index is 13.1. The average molecular weight is 1100 g/mol. The number of unbranched alkanes of at least 4 members (excludes halogenated alkanes) is 16. The SMILES string of the molecule is CC/C=C\C/C=C\C/C=C\C/C=C\C/C=C\CCCCCC(=O)OC1C(OCC(COC(=O)CCCCCCCCC/C=C\CCCCCCCC)OC(=O)CC/C=C\C/C=C\C/C=C\C/C=C\CC)OC(C(=O)O)C(O)C1O. The number of carbonyl (C=O) groups is 4. The summed E-state index contributed by atoms with van der Waals surface area (Å²) in [6.07, 6.45) is 61.8. The van der Waals surface area contributed by atoms with Crippen molar-refractivity contribution in [3.63, 3.8) is 0 Å². The molecule has 1 fully saturated rings. The number of aliphatic hydroxyl groups excluding tert-OH is 2. The smallest absolute Gasteiger partial charge is 0.335 e. The Morgan fingerprint density at radius 3 is 1.29 bits per heavy atom. The molecule has 1 heterocycles. The van der Waals surface area contributed by atoms with E-state index in [-0.39, 0.29) is 25.9 Å². The minimum Gasteiger partial charge on any atom is -0.479 e. The van der Waals surface area contributed by atoms with Gasteiger partial charge in [-0.05, 0) is 116 Å². The molecule has 1 rings (SSSR count). The lowest BCUT2D eigenvalue weighted by molar-refractivity contribution is -0.301. The van der Waals surface area contributed by atoms with Gasteiger partial charge < -0.3 is 39.0 Å². The maximum atomic E-state index is 13.1. The fourth-order valence-corrected chi connectivity index (χ4v) is 8.40. The van der Waals surface area contributed by atoms with Gasteiger partial charge in [-0.15, -0.1) is 0 Å². The number of aliphatic hydroxyl groups is 2. The third kappa shape index (κ3) is 43.6. The van der Waals surface area contributed by atoms with Crippen molar-refractivity contribution < 1.29 is 58.2 Å². The average Bonchev–Trinajstić information content (AvgIpc) is 3.46. The summed E-state index contributed by atoms with van der Waals surface area (Å²) in [4.78, 5) is 51.1. The Hall–Kier alpha value is -4.88. The minimum atomic E-state index is -1.93. The third-order valence-corrected chi connectivity index (χ3v) is 13.0. The molecule has 0 amide bonds. The van der Waals surface area contributed by atoms with Crippen LogP contribution in [0.5, 0.6) is 0 Å². The summed E-state index contributed by atoms with van der Waals surface area (Å²) in [7, 11) is 0. The van der Waals surface area contributed by atoms with Crippen molar-refractivity contribution in [3.05, 3.63) is 122 Å². The zero-order valence-electron chi connectivity index (χ0n) is 49.1. The summed E-state index contributed by atoms with van der Waals surface area (Å²) in [5.41, 5.74) is 0. The number of aliphatic carboxylic acids is 1. The Kier molecular flexibility index (Phi) is 49.1. The molecular formula is C67H106O12. The first-order chi connectivity index (χ1) is 38.6. The van der Waals surface area contributed by atoms with Crippen LogP contribution in [0.25, 0.3) is 0 Å². The van der Waals surface area contributed by atoms with E-state index >= 15 is 0 Å². The van der Waals surface area contributed by atoms with Gasteiger partial charge in [0.05, 0.1) is 6.61 Å². The van der Waals surface area contributed by atoms with Crippen LogP contribution < -0.4 is 0 Å². The highest BCUT2D eigenvalue weighted by atomic mass is 16.7. The second kappa shape index (κ2) is 53.7. The lowest BCUT2D eigenvalue weighted by Gasteiger charge is -2.40. The Morgan fingerprint density at radius 1 is 0.430 bits per heavy atom. The number of hydrogen-bond acceptors (Lipinski definition) is 11. The normalized spacial score (nSPS) is 18.7. The largest absolute Gasteiger partial charge is 0.479 e. The van der Waals surface area contributed by atoms with Gasteiger partial charge in [-0.1, -0.05) is 213 Å². The number of esters is 3. The topological polar surface area (TPSA) is 175 Å². The van der Waals surface area contributed by atoms with Crippen LogP contribution >= 0.6 is 0 Å². The number of hydrogen-bond donors (Lipinski definition) is 3. The molecule has 0 aromatic rings. The maximum Gasteiger partial charge on any atom is 0.335 e. The predicted molar refractivity (Wildman–Crippen MR) is 321 cm³/mol. The van der Waals surface area contributed by atoms with Crippen LogP contribution in [0.15, 0.2) is 122 Å². The van der Waals surface area contributed by atoms with E-state index in [1.807, 2.05) is 12.2 Å². The van der Waals surface area contributed by atoms with E-state index in [9.17, 15) is 34.5 Å². The molecule has 0 aliphatic carbocycles. The van der Waals surface area contributed by atoms with Crippen molar-refractivity contribution in [2.24, 2.45) is 0 Å². The molecule has 0 aromatic heterocycles. The summed E-state index contributed by atoms with van der Waals surface area (Å²) in [6, 6.07) is 0. The van der Waals surface area contributed by atoms with Crippen molar-refractivity contribution in [2.75, 3.05) is 13.2 Å². The molecule has 446 valence electrons. The van der Waals surface area contributed by atoms with E-state index in [4.69, 9.17) is 23.7 Å². The summed E-state index contributed by atoms with van der Waals surface area (Å²) in [6.45, 7) is 5.67. The fraction of sp³-hybridized carbons (Fsp3) is 0.642. The van der Waals surface area contributed by atoms with Gasteiger partial charge in [-0.3, -0.25) is 14.4 Å². The van der Waals surface area contributed by atoms with Crippen LogP contribution in [0.1, 0.15) is 226 Å². The molecule has 1 aliphatic heterocycles. The highest BCUT2D eigenvalue weighted by molar-refractivity contribution is 5.74. The predicted octanol–water partition coefficient (Wildman–Crippen LogP) is 16.0. The summed E-state index contributed by atoms with van der Waals surface area (Å²) >= 11 is 0. The molecular weight excluding hydrogens is 997 g/mol. The fourth-order valence-electron chi connectivity index (χ4n) is 8.40. The number of rotatable bonds is 50. The number of carboxylic acids is 1. The molecule has 1 aliphatic rings. The third-order valence-electron chi connectivity index (χ3n) is 13.0. The van der Waals surface area contributed by atoms with Crippen LogP contribution in [0.3, 0.4) is 0 Å². The minimum absolute atomic E-state index is 0.00673. The van der Waals surface area contributed by atoms with Crippen molar-refractivity contribution in [1.82, 2.24) is 0 Å². The molecule has 6 atom stereocenters. The van der Waals surface area contributed by atoms with Crippen LogP contribution in [-0.4, -0.2) is 89.2 Å². The first kappa shape index (κ1) is 72.1. The van der Waals surface area contributed by atoms with Gasteiger partial charge in [0, 0.05) is 19.3 Å². The zero-order valence-corrected chi connectivity index (χ0v) is 49.1. The van der Waals surface area contributed by atoms with Crippen molar-refractivity contribution in [1.29, 1.82) is 0 Å². The van der Waals surface area contributed by atoms with Gasteiger partial charge >= 0.3 is 23.9 Å². The van der Waals surface area contributed by atoms with Crippen molar-refractivity contribution in [2.45, 2.75) is 263 Å². The monoisotopic (exact) mass is 1100 g/mol. The number of ether oxygens (including phenoxy) is 5. The Labute approximate surface area is 478 Å². The van der Waals surface area contributed by atoms with Gasteiger partial charge in [-0.2, -0.15) is 0 Å². The number of carboxylic acid groups (broad SMARTS) is 1. The highest BCUT2D eigenvalue weighted by Crippen LogP contribution is 2.26. The number of allylic oxidation sites excluding steroid dienone is 20. The summed E-state index contributed by atoms with van der Waals surface area (Å²) in [5, 5.41) is 31.5. The molecule has 0 spiro atoms. The lowest BCUT2D eigenvalue weighted by Crippen LogP contribution is -2.61. The molecule has 0 aromatic carbocycles. The standard InChI is InChI=1S/C67H106O12/c1-4-7-10-13-16-19-22-25-27-29-30-32-34-37-40-43-46-49-52-55-61(70)78-65-63(72)62(71)64(66(73)74)79-67(65)76-57-58(77-60(69)54-51-48-45-42-39-35-24-21-18-15-12-9-6-3)56-75-59(68)53-50-47-44-41-38-36-33-31-28-26-23-20-17-14-11-8-5-2/h7,9-10,12,16,18-19,21,25-28,30,32,35,37,39-40,45,48,58,62-65,67,71-72H,4-6,8,11,13-15,17,20,22-24,29,31,33-34,36,38,41-44,46-47,49-57H2,1-3H3,(H,73,74)/b10-7-,12-9-,19-16-,21-18-,27-25-,28-26-,32-30-,39-35-,40-37-,48-45-. The van der Waals surface area contributed by atoms with Gasteiger partial charge in [0.25, 0.3) is 0 Å². The van der Waals surface area contributed by atoms with Gasteiger partial charge in [-0.25, -0.2) is 4.79 Å². The van der Waals surface area contributed by atoms with Crippen molar-refractivity contribution in [3.8, 4) is 0 Å². The second-order valence-electron chi connectivity index (χ2n) is 20.2. The van der Waals surface area contributed by atoms with E-state index in [1.165, 1.54) is 57.8 Å². The van der Waals surface area contributed by atoms with Gasteiger partial charge in [0.15, 0.2) is 24.6 Å². The van der Waals surface area contributed by atoms with E-state index in [1.54, 1.807) is 0 Å². The van der Waals surface area contributed by atoms with E-state index in [2.05, 4.69) is 130 Å².